The Bertz CT molecular complexity index is 1080. The van der Waals surface area contributed by atoms with Crippen molar-refractivity contribution in [3.63, 3.8) is 0 Å². The van der Waals surface area contributed by atoms with Crippen molar-refractivity contribution in [2.75, 3.05) is 31.5 Å². The molecule has 0 spiro atoms. The minimum atomic E-state index is -0.698. The molecule has 2 aliphatic heterocycles. The molecule has 2 aromatic rings. The SMILES string of the molecule is CCCN(CCC)C(O)C1=Cc2ccc(C(=O)N3CCC(Nc4ccccc4)CC3)cc2N=C(N)C1. The van der Waals surface area contributed by atoms with Gasteiger partial charge in [0.25, 0.3) is 5.91 Å². The third-order valence-electron chi connectivity index (χ3n) is 6.89. The van der Waals surface area contributed by atoms with Crippen molar-refractivity contribution in [1.29, 1.82) is 0 Å². The van der Waals surface area contributed by atoms with Crippen LogP contribution in [0.2, 0.25) is 0 Å². The van der Waals surface area contributed by atoms with Gasteiger partial charge in [0.05, 0.1) is 5.69 Å². The number of para-hydroxylation sites is 1. The van der Waals surface area contributed by atoms with Gasteiger partial charge in [-0.05, 0) is 61.6 Å². The molecule has 1 unspecified atom stereocenters. The van der Waals surface area contributed by atoms with E-state index in [1.165, 1.54) is 0 Å². The first-order valence-electron chi connectivity index (χ1n) is 13.2. The first-order valence-corrected chi connectivity index (χ1v) is 13.2. The second kappa shape index (κ2) is 12.2. The molecule has 4 N–H and O–H groups in total. The first-order chi connectivity index (χ1) is 17.5. The average Bonchev–Trinajstić information content (AvgIpc) is 3.06. The Labute approximate surface area is 214 Å². The summed E-state index contributed by atoms with van der Waals surface area (Å²) >= 11 is 0. The number of likely N-dealkylation sites (tertiary alicyclic amines) is 1. The second-order valence-electron chi connectivity index (χ2n) is 9.76. The predicted molar refractivity (Wildman–Crippen MR) is 147 cm³/mol. The Hall–Kier alpha value is -3.16. The lowest BCUT2D eigenvalue weighted by molar-refractivity contribution is 0.0323. The minimum Gasteiger partial charge on any atom is -0.387 e. The number of aliphatic hydroxyl groups is 1. The van der Waals surface area contributed by atoms with E-state index < -0.39 is 6.23 Å². The van der Waals surface area contributed by atoms with Crippen molar-refractivity contribution in [3.05, 3.63) is 65.2 Å². The van der Waals surface area contributed by atoms with Crippen molar-refractivity contribution in [3.8, 4) is 0 Å². The smallest absolute Gasteiger partial charge is 0.253 e. The second-order valence-corrected chi connectivity index (χ2v) is 9.76. The quantitative estimate of drug-likeness (QED) is 0.447. The van der Waals surface area contributed by atoms with Gasteiger partial charge >= 0.3 is 0 Å². The van der Waals surface area contributed by atoms with Gasteiger partial charge in [-0.25, -0.2) is 4.99 Å². The fourth-order valence-electron chi connectivity index (χ4n) is 5.06. The van der Waals surface area contributed by atoms with Crippen LogP contribution in [0, 0.1) is 0 Å². The van der Waals surface area contributed by atoms with Gasteiger partial charge in [0.2, 0.25) is 0 Å². The van der Waals surface area contributed by atoms with E-state index >= 15 is 0 Å². The van der Waals surface area contributed by atoms with Gasteiger partial charge in [-0.3, -0.25) is 9.69 Å². The third kappa shape index (κ3) is 6.33. The number of anilines is 1. The number of carbonyl (C=O) groups excluding carboxylic acids is 1. The molecule has 1 fully saturated rings. The van der Waals surface area contributed by atoms with E-state index in [2.05, 4.69) is 41.2 Å². The standard InChI is InChI=1S/C29H39N5O2/c1-3-14-33(15-4-2)29(36)23-18-21-10-11-22(19-26(21)32-27(30)20-23)28(35)34-16-12-25(13-17-34)31-24-8-6-5-7-9-24/h5-11,18-19,25,29,31,36H,3-4,12-17,20H2,1-2H3,(H2,30,32). The number of hydrogen-bond donors (Lipinski definition) is 3. The van der Waals surface area contributed by atoms with Crippen LogP contribution < -0.4 is 11.1 Å². The van der Waals surface area contributed by atoms with E-state index in [-0.39, 0.29) is 5.91 Å². The fraction of sp³-hybridized carbons (Fsp3) is 0.448. The molecule has 4 rings (SSSR count). The molecule has 0 bridgehead atoms. The molecule has 2 heterocycles. The number of amides is 1. The minimum absolute atomic E-state index is 0.0234. The molecule has 0 radical (unpaired) electrons. The number of aliphatic hydroxyl groups excluding tert-OH is 1. The van der Waals surface area contributed by atoms with Crippen molar-refractivity contribution in [2.45, 2.75) is 58.2 Å². The maximum Gasteiger partial charge on any atom is 0.253 e. The van der Waals surface area contributed by atoms with Gasteiger partial charge in [0, 0.05) is 55.5 Å². The van der Waals surface area contributed by atoms with Crippen LogP contribution in [0.3, 0.4) is 0 Å². The van der Waals surface area contributed by atoms with Crippen LogP contribution in [-0.4, -0.2) is 65.1 Å². The highest BCUT2D eigenvalue weighted by atomic mass is 16.3. The maximum absolute atomic E-state index is 13.3. The lowest BCUT2D eigenvalue weighted by atomic mass is 10.0. The molecule has 192 valence electrons. The number of piperidine rings is 1. The number of carbonyl (C=O) groups is 1. The van der Waals surface area contributed by atoms with E-state index in [0.717, 1.165) is 55.6 Å². The predicted octanol–water partition coefficient (Wildman–Crippen LogP) is 4.62. The molecule has 36 heavy (non-hydrogen) atoms. The molecular weight excluding hydrogens is 450 g/mol. The summed E-state index contributed by atoms with van der Waals surface area (Å²) < 4.78 is 0. The van der Waals surface area contributed by atoms with Crippen LogP contribution >= 0.6 is 0 Å². The molecule has 1 atom stereocenters. The molecule has 7 heteroatoms. The van der Waals surface area contributed by atoms with Gasteiger partial charge in [-0.1, -0.05) is 38.1 Å². The Morgan fingerprint density at radius 1 is 1.14 bits per heavy atom. The van der Waals surface area contributed by atoms with Crippen LogP contribution in [0.5, 0.6) is 0 Å². The number of nitrogens with zero attached hydrogens (tertiary/aromatic N) is 3. The fourth-order valence-corrected chi connectivity index (χ4v) is 5.06. The summed E-state index contributed by atoms with van der Waals surface area (Å²) in [6.45, 7) is 7.30. The number of nitrogens with one attached hydrogen (secondary N) is 1. The van der Waals surface area contributed by atoms with E-state index in [1.807, 2.05) is 47.4 Å². The maximum atomic E-state index is 13.3. The van der Waals surface area contributed by atoms with E-state index in [9.17, 15) is 9.90 Å². The highest BCUT2D eigenvalue weighted by molar-refractivity contribution is 5.97. The van der Waals surface area contributed by atoms with Gasteiger partial charge in [-0.2, -0.15) is 0 Å². The Morgan fingerprint density at radius 2 is 1.83 bits per heavy atom. The molecule has 7 nitrogen and oxygen atoms in total. The molecule has 1 saturated heterocycles. The zero-order valence-electron chi connectivity index (χ0n) is 21.5. The summed E-state index contributed by atoms with van der Waals surface area (Å²) in [5.41, 5.74) is 10.4. The summed E-state index contributed by atoms with van der Waals surface area (Å²) in [5.74, 6) is 0.472. The normalized spacial score (nSPS) is 17.2. The molecule has 0 aromatic heterocycles. The van der Waals surface area contributed by atoms with Gasteiger partial charge in [0.15, 0.2) is 0 Å². The average molecular weight is 490 g/mol. The topological polar surface area (TPSA) is 94.2 Å². The molecule has 2 aromatic carbocycles. The highest BCUT2D eigenvalue weighted by Gasteiger charge is 2.25. The van der Waals surface area contributed by atoms with Crippen LogP contribution in [-0.2, 0) is 0 Å². The Morgan fingerprint density at radius 3 is 2.50 bits per heavy atom. The van der Waals surface area contributed by atoms with Crippen LogP contribution in [0.15, 0.2) is 59.1 Å². The zero-order valence-corrected chi connectivity index (χ0v) is 21.5. The highest BCUT2D eigenvalue weighted by Crippen LogP contribution is 2.30. The van der Waals surface area contributed by atoms with Crippen molar-refractivity contribution >= 4 is 29.2 Å². The number of rotatable bonds is 9. The number of fused-ring (bicyclic) bond motifs is 1. The summed E-state index contributed by atoms with van der Waals surface area (Å²) in [4.78, 5) is 21.9. The number of nitrogens with two attached hydrogens (primary N) is 1. The zero-order chi connectivity index (χ0) is 25.5. The molecule has 0 saturated carbocycles. The Balaban J connectivity index is 1.45. The van der Waals surface area contributed by atoms with E-state index in [0.29, 0.717) is 42.6 Å². The lowest BCUT2D eigenvalue weighted by Gasteiger charge is -2.33. The summed E-state index contributed by atoms with van der Waals surface area (Å²) in [6, 6.07) is 16.2. The number of aliphatic imine (C=N–C) groups is 1. The molecular formula is C29H39N5O2. The van der Waals surface area contributed by atoms with Crippen LogP contribution in [0.4, 0.5) is 11.4 Å². The van der Waals surface area contributed by atoms with Gasteiger partial charge in [0.1, 0.15) is 12.1 Å². The number of amidine groups is 1. The summed E-state index contributed by atoms with van der Waals surface area (Å²) in [5, 5.41) is 14.6. The van der Waals surface area contributed by atoms with Crippen LogP contribution in [0.25, 0.3) is 6.08 Å². The molecule has 0 aliphatic carbocycles. The summed E-state index contributed by atoms with van der Waals surface area (Å²) in [7, 11) is 0. The van der Waals surface area contributed by atoms with Crippen molar-refractivity contribution in [1.82, 2.24) is 9.80 Å². The van der Waals surface area contributed by atoms with Crippen LogP contribution in [0.1, 0.15) is 61.9 Å². The third-order valence-corrected chi connectivity index (χ3v) is 6.89. The van der Waals surface area contributed by atoms with Gasteiger partial charge < -0.3 is 21.1 Å². The van der Waals surface area contributed by atoms with Crippen molar-refractivity contribution in [2.24, 2.45) is 10.7 Å². The summed E-state index contributed by atoms with van der Waals surface area (Å²) in [6.07, 6.45) is 5.45. The van der Waals surface area contributed by atoms with Gasteiger partial charge in [-0.15, -0.1) is 0 Å². The Kier molecular flexibility index (Phi) is 8.78. The first kappa shape index (κ1) is 25.9. The van der Waals surface area contributed by atoms with E-state index in [1.54, 1.807) is 0 Å². The largest absolute Gasteiger partial charge is 0.387 e. The number of benzene rings is 2. The monoisotopic (exact) mass is 489 g/mol. The van der Waals surface area contributed by atoms with E-state index in [4.69, 9.17) is 5.73 Å². The lowest BCUT2D eigenvalue weighted by Crippen LogP contribution is -2.42. The molecule has 2 aliphatic rings. The van der Waals surface area contributed by atoms with Crippen molar-refractivity contribution < 1.29 is 9.90 Å². The number of hydrogen-bond acceptors (Lipinski definition) is 6. The molecule has 1 amide bonds.